The monoisotopic (exact) mass is 456 g/mol. The molecule has 1 aliphatic heterocycles. The SMILES string of the molecule is CC1=NNC(N)C1=NNc1cccc(F)c1.Cc1[nH]nc(N)c1N=Nc1cccc(Cl)c1. The second kappa shape index (κ2) is 10.5. The zero-order valence-corrected chi connectivity index (χ0v) is 18.1. The normalized spacial score (nSPS) is 16.5. The molecule has 2 aromatic carbocycles. The number of hydrazone groups is 2. The summed E-state index contributed by atoms with van der Waals surface area (Å²) < 4.78 is 12.9. The molecule has 7 N–H and O–H groups in total. The van der Waals surface area contributed by atoms with Crippen molar-refractivity contribution in [2.45, 2.75) is 20.0 Å². The molecular formula is C20H22ClFN10. The Morgan fingerprint density at radius 2 is 1.91 bits per heavy atom. The van der Waals surface area contributed by atoms with Gasteiger partial charge in [0.25, 0.3) is 0 Å². The smallest absolute Gasteiger partial charge is 0.173 e. The van der Waals surface area contributed by atoms with Crippen molar-refractivity contribution in [3.63, 3.8) is 0 Å². The number of anilines is 2. The number of nitrogen functional groups attached to an aromatic ring is 1. The molecule has 0 bridgehead atoms. The molecule has 2 heterocycles. The lowest BCUT2D eigenvalue weighted by molar-refractivity contribution is 0.628. The molecule has 166 valence electrons. The quantitative estimate of drug-likeness (QED) is 0.293. The Morgan fingerprint density at radius 3 is 2.53 bits per heavy atom. The van der Waals surface area contributed by atoms with Crippen molar-refractivity contribution < 1.29 is 4.39 Å². The summed E-state index contributed by atoms with van der Waals surface area (Å²) in [6, 6.07) is 13.1. The van der Waals surface area contributed by atoms with Crippen LogP contribution >= 0.6 is 11.6 Å². The van der Waals surface area contributed by atoms with Crippen LogP contribution in [0.4, 0.5) is 27.3 Å². The first-order valence-electron chi connectivity index (χ1n) is 9.46. The van der Waals surface area contributed by atoms with E-state index < -0.39 is 6.17 Å². The molecule has 4 rings (SSSR count). The fourth-order valence-electron chi connectivity index (χ4n) is 2.56. The van der Waals surface area contributed by atoms with Crippen LogP contribution in [0.3, 0.4) is 0 Å². The number of aromatic amines is 1. The van der Waals surface area contributed by atoms with E-state index in [4.69, 9.17) is 23.1 Å². The second-order valence-electron chi connectivity index (χ2n) is 6.69. The van der Waals surface area contributed by atoms with Crippen molar-refractivity contribution in [1.82, 2.24) is 15.6 Å². The van der Waals surface area contributed by atoms with Gasteiger partial charge in [-0.05, 0) is 50.2 Å². The van der Waals surface area contributed by atoms with Gasteiger partial charge in [-0.1, -0.05) is 23.7 Å². The summed E-state index contributed by atoms with van der Waals surface area (Å²) in [5, 5.41) is 23.2. The minimum Gasteiger partial charge on any atom is -0.380 e. The summed E-state index contributed by atoms with van der Waals surface area (Å²) in [4.78, 5) is 0. The number of H-pyrrole nitrogens is 1. The van der Waals surface area contributed by atoms with E-state index in [2.05, 4.69) is 41.5 Å². The number of nitrogens with zero attached hydrogens (tertiary/aromatic N) is 5. The van der Waals surface area contributed by atoms with Gasteiger partial charge in [0, 0.05) is 5.02 Å². The van der Waals surface area contributed by atoms with E-state index in [9.17, 15) is 4.39 Å². The molecule has 1 aromatic heterocycles. The average Bonchev–Trinajstić information content (AvgIpc) is 3.26. The van der Waals surface area contributed by atoms with Crippen LogP contribution in [-0.2, 0) is 0 Å². The molecule has 32 heavy (non-hydrogen) atoms. The molecule has 0 saturated heterocycles. The van der Waals surface area contributed by atoms with Crippen molar-refractivity contribution >= 4 is 45.9 Å². The van der Waals surface area contributed by atoms with E-state index in [0.29, 0.717) is 33.6 Å². The largest absolute Gasteiger partial charge is 0.380 e. The minimum absolute atomic E-state index is 0.315. The second-order valence-corrected chi connectivity index (χ2v) is 7.12. The highest BCUT2D eigenvalue weighted by atomic mass is 35.5. The van der Waals surface area contributed by atoms with E-state index in [1.165, 1.54) is 12.1 Å². The first kappa shape index (κ1) is 22.8. The molecule has 0 radical (unpaired) electrons. The molecule has 0 amide bonds. The zero-order valence-electron chi connectivity index (χ0n) is 17.3. The Kier molecular flexibility index (Phi) is 7.47. The van der Waals surface area contributed by atoms with Crippen LogP contribution in [0.25, 0.3) is 0 Å². The van der Waals surface area contributed by atoms with Gasteiger partial charge in [-0.15, -0.1) is 5.11 Å². The van der Waals surface area contributed by atoms with Gasteiger partial charge >= 0.3 is 0 Å². The summed E-state index contributed by atoms with van der Waals surface area (Å²) in [5.41, 5.74) is 20.6. The number of aromatic nitrogens is 2. The lowest BCUT2D eigenvalue weighted by Gasteiger charge is -2.05. The van der Waals surface area contributed by atoms with Gasteiger partial charge in [0.1, 0.15) is 23.4 Å². The first-order chi connectivity index (χ1) is 15.3. The molecule has 0 saturated carbocycles. The Labute approximate surface area is 188 Å². The van der Waals surface area contributed by atoms with Gasteiger partial charge < -0.3 is 11.5 Å². The summed E-state index contributed by atoms with van der Waals surface area (Å²) >= 11 is 5.82. The van der Waals surface area contributed by atoms with Gasteiger partial charge in [-0.25, -0.2) is 4.39 Å². The van der Waals surface area contributed by atoms with Crippen LogP contribution in [0.15, 0.2) is 69.0 Å². The Morgan fingerprint density at radius 1 is 1.12 bits per heavy atom. The Hall–Kier alpha value is -3.83. The maximum absolute atomic E-state index is 12.9. The summed E-state index contributed by atoms with van der Waals surface area (Å²) in [7, 11) is 0. The lowest BCUT2D eigenvalue weighted by atomic mass is 10.2. The number of rotatable bonds is 4. The first-order valence-corrected chi connectivity index (χ1v) is 9.84. The van der Waals surface area contributed by atoms with E-state index in [0.717, 1.165) is 11.4 Å². The highest BCUT2D eigenvalue weighted by molar-refractivity contribution is 6.44. The molecule has 1 atom stereocenters. The third-order valence-corrected chi connectivity index (χ3v) is 4.42. The number of nitrogens with one attached hydrogen (secondary N) is 3. The van der Waals surface area contributed by atoms with Crippen LogP contribution in [0, 0.1) is 12.7 Å². The standard InChI is InChI=1S/C10H10ClN5.C10H12FN5/c2*1-6-9(10(12)16-13-6)15-14-8-4-2-3-7(11)5-8/h2-5H,1H3,(H3,12,13,16);2-5,10,14,16H,12H2,1H3. The van der Waals surface area contributed by atoms with Crippen LogP contribution < -0.4 is 22.3 Å². The molecule has 1 unspecified atom stereocenters. The Balaban J connectivity index is 0.000000181. The maximum atomic E-state index is 12.9. The Bertz CT molecular complexity index is 1150. The summed E-state index contributed by atoms with van der Waals surface area (Å²) in [6.07, 6.45) is -0.416. The van der Waals surface area contributed by atoms with Crippen LogP contribution in [-0.4, -0.2) is 27.8 Å². The van der Waals surface area contributed by atoms with E-state index in [1.807, 2.05) is 13.0 Å². The number of hydrogen-bond acceptors (Lipinski definition) is 9. The van der Waals surface area contributed by atoms with Gasteiger partial charge in [0.05, 0.1) is 22.8 Å². The number of aryl methyl sites for hydroxylation is 1. The van der Waals surface area contributed by atoms with Gasteiger partial charge in [-0.3, -0.25) is 16.0 Å². The van der Waals surface area contributed by atoms with Crippen molar-refractivity contribution in [2.75, 3.05) is 11.2 Å². The van der Waals surface area contributed by atoms with Crippen molar-refractivity contribution in [2.24, 2.45) is 26.2 Å². The van der Waals surface area contributed by atoms with Crippen molar-refractivity contribution in [3.8, 4) is 0 Å². The van der Waals surface area contributed by atoms with Crippen LogP contribution in [0.2, 0.25) is 5.02 Å². The molecule has 0 spiro atoms. The number of hydrogen-bond donors (Lipinski definition) is 5. The number of benzene rings is 2. The zero-order chi connectivity index (χ0) is 23.1. The topological polar surface area (TPSA) is 154 Å². The fraction of sp³-hybridized carbons (Fsp3) is 0.150. The van der Waals surface area contributed by atoms with Gasteiger partial charge in [-0.2, -0.15) is 20.4 Å². The van der Waals surface area contributed by atoms with E-state index >= 15 is 0 Å². The lowest BCUT2D eigenvalue weighted by Crippen LogP contribution is -2.38. The number of azo groups is 1. The molecule has 3 aromatic rings. The molecule has 10 nitrogen and oxygen atoms in total. The molecule has 1 aliphatic rings. The van der Waals surface area contributed by atoms with E-state index in [1.54, 1.807) is 37.3 Å². The minimum atomic E-state index is -0.416. The number of nitrogens with two attached hydrogens (primary N) is 2. The van der Waals surface area contributed by atoms with Gasteiger partial charge in [0.2, 0.25) is 0 Å². The predicted molar refractivity (Wildman–Crippen MR) is 125 cm³/mol. The average molecular weight is 457 g/mol. The molecule has 0 aliphatic carbocycles. The van der Waals surface area contributed by atoms with Crippen LogP contribution in [0.5, 0.6) is 0 Å². The highest BCUT2D eigenvalue weighted by Crippen LogP contribution is 2.26. The molecule has 12 heteroatoms. The maximum Gasteiger partial charge on any atom is 0.173 e. The van der Waals surface area contributed by atoms with Gasteiger partial charge in [0.15, 0.2) is 5.82 Å². The van der Waals surface area contributed by atoms with E-state index in [-0.39, 0.29) is 5.82 Å². The third kappa shape index (κ3) is 6.09. The highest BCUT2D eigenvalue weighted by Gasteiger charge is 2.19. The van der Waals surface area contributed by atoms with Crippen molar-refractivity contribution in [1.29, 1.82) is 0 Å². The number of halogens is 2. The fourth-order valence-corrected chi connectivity index (χ4v) is 2.74. The van der Waals surface area contributed by atoms with Crippen molar-refractivity contribution in [3.05, 3.63) is 65.1 Å². The summed E-state index contributed by atoms with van der Waals surface area (Å²) in [5.74, 6) is 0.0210. The summed E-state index contributed by atoms with van der Waals surface area (Å²) in [6.45, 7) is 3.63. The van der Waals surface area contributed by atoms with Crippen LogP contribution in [0.1, 0.15) is 12.6 Å². The third-order valence-electron chi connectivity index (χ3n) is 4.18. The predicted octanol–water partition coefficient (Wildman–Crippen LogP) is 4.23. The molecule has 0 fully saturated rings. The molecular weight excluding hydrogens is 435 g/mol.